The van der Waals surface area contributed by atoms with Crippen molar-refractivity contribution in [3.63, 3.8) is 0 Å². The van der Waals surface area contributed by atoms with Crippen LogP contribution in [0.2, 0.25) is 0 Å². The van der Waals surface area contributed by atoms with E-state index in [-0.39, 0.29) is 11.5 Å². The molecular formula is C15H16F3NO2. The van der Waals surface area contributed by atoms with Crippen molar-refractivity contribution in [1.29, 1.82) is 0 Å². The molecule has 1 aromatic rings. The Morgan fingerprint density at radius 3 is 2.52 bits per heavy atom. The lowest BCUT2D eigenvalue weighted by Crippen LogP contribution is -2.28. The first-order valence-electron chi connectivity index (χ1n) is 6.53. The summed E-state index contributed by atoms with van der Waals surface area (Å²) in [6.07, 6.45) is -5.45. The summed E-state index contributed by atoms with van der Waals surface area (Å²) in [5.74, 6) is 0.109. The van der Waals surface area contributed by atoms with Gasteiger partial charge in [0.2, 0.25) is 0 Å². The average molecular weight is 299 g/mol. The molecular weight excluding hydrogens is 283 g/mol. The smallest absolute Gasteiger partial charge is 0.393 e. The molecule has 1 aliphatic rings. The Labute approximate surface area is 120 Å². The zero-order valence-corrected chi connectivity index (χ0v) is 12.0. The Kier molecular flexibility index (Phi) is 3.82. The number of hydrogen-bond donors (Lipinski definition) is 0. The van der Waals surface area contributed by atoms with Gasteiger partial charge in [0.25, 0.3) is 0 Å². The number of halogens is 3. The van der Waals surface area contributed by atoms with E-state index < -0.39 is 24.1 Å². The molecule has 1 unspecified atom stereocenters. The highest BCUT2D eigenvalue weighted by Gasteiger charge is 2.34. The molecule has 0 spiro atoms. The molecule has 0 saturated heterocycles. The molecule has 1 aliphatic heterocycles. The quantitative estimate of drug-likeness (QED) is 0.762. The number of carbonyl (C=O) groups excluding carboxylic acids is 1. The van der Waals surface area contributed by atoms with Crippen LogP contribution in [0.25, 0.3) is 0 Å². The van der Waals surface area contributed by atoms with Crippen molar-refractivity contribution in [2.75, 3.05) is 0 Å². The van der Waals surface area contributed by atoms with E-state index in [1.165, 1.54) is 6.07 Å². The minimum atomic E-state index is -4.33. The molecule has 1 heterocycles. The van der Waals surface area contributed by atoms with Crippen molar-refractivity contribution in [3.8, 4) is 5.75 Å². The first-order chi connectivity index (χ1) is 9.56. The van der Waals surface area contributed by atoms with Gasteiger partial charge in [0.05, 0.1) is 6.42 Å². The SMILES string of the molecule is CC(C)(C)C(=O)c1ccc2c(c1)OC(CC(F)(F)F)C=N2. The number of fused-ring (bicyclic) bond motifs is 1. The maximum atomic E-state index is 12.4. The van der Waals surface area contributed by atoms with Crippen molar-refractivity contribution in [3.05, 3.63) is 23.8 Å². The molecule has 0 aromatic heterocycles. The molecule has 1 aromatic carbocycles. The van der Waals surface area contributed by atoms with Crippen molar-refractivity contribution in [2.24, 2.45) is 10.4 Å². The summed E-state index contributed by atoms with van der Waals surface area (Å²) in [7, 11) is 0. The van der Waals surface area contributed by atoms with E-state index in [2.05, 4.69) is 4.99 Å². The number of benzene rings is 1. The van der Waals surface area contributed by atoms with Gasteiger partial charge in [0, 0.05) is 17.2 Å². The van der Waals surface area contributed by atoms with Crippen LogP contribution in [0.5, 0.6) is 5.75 Å². The molecule has 1 atom stereocenters. The lowest BCUT2D eigenvalue weighted by atomic mass is 9.86. The Morgan fingerprint density at radius 1 is 1.29 bits per heavy atom. The second-order valence-corrected chi connectivity index (χ2v) is 6.02. The number of Topliss-reactive ketones (excluding diaryl/α,β-unsaturated/α-hetero) is 1. The molecule has 0 bridgehead atoms. The summed E-state index contributed by atoms with van der Waals surface area (Å²) in [5, 5.41) is 0. The zero-order chi connectivity index (χ0) is 15.8. The lowest BCUT2D eigenvalue weighted by molar-refractivity contribution is -0.144. The van der Waals surface area contributed by atoms with E-state index >= 15 is 0 Å². The molecule has 0 N–H and O–H groups in total. The molecule has 3 nitrogen and oxygen atoms in total. The molecule has 0 aliphatic carbocycles. The highest BCUT2D eigenvalue weighted by molar-refractivity contribution is 6.00. The largest absolute Gasteiger partial charge is 0.482 e. The number of aliphatic imine (C=N–C) groups is 1. The highest BCUT2D eigenvalue weighted by atomic mass is 19.4. The predicted molar refractivity (Wildman–Crippen MR) is 73.5 cm³/mol. The van der Waals surface area contributed by atoms with Crippen LogP contribution in [0, 0.1) is 5.41 Å². The third-order valence-corrected chi connectivity index (χ3v) is 2.99. The van der Waals surface area contributed by atoms with Crippen LogP contribution < -0.4 is 4.74 Å². The Bertz CT molecular complexity index is 586. The van der Waals surface area contributed by atoms with Gasteiger partial charge in [0.15, 0.2) is 5.78 Å². The number of hydrogen-bond acceptors (Lipinski definition) is 3. The molecule has 114 valence electrons. The van der Waals surface area contributed by atoms with Crippen molar-refractivity contribution < 1.29 is 22.7 Å². The number of ketones is 1. The van der Waals surface area contributed by atoms with E-state index in [0.29, 0.717) is 11.3 Å². The summed E-state index contributed by atoms with van der Waals surface area (Å²) >= 11 is 0. The van der Waals surface area contributed by atoms with Gasteiger partial charge in [-0.2, -0.15) is 13.2 Å². The van der Waals surface area contributed by atoms with Gasteiger partial charge in [-0.25, -0.2) is 0 Å². The van der Waals surface area contributed by atoms with Crippen LogP contribution in [0.4, 0.5) is 18.9 Å². The topological polar surface area (TPSA) is 38.7 Å². The van der Waals surface area contributed by atoms with E-state index in [1.54, 1.807) is 32.9 Å². The molecule has 0 amide bonds. The van der Waals surface area contributed by atoms with E-state index in [9.17, 15) is 18.0 Å². The molecule has 0 fully saturated rings. The molecule has 0 radical (unpaired) electrons. The molecule has 6 heteroatoms. The molecule has 2 rings (SSSR count). The first kappa shape index (κ1) is 15.5. The molecule has 21 heavy (non-hydrogen) atoms. The third-order valence-electron chi connectivity index (χ3n) is 2.99. The van der Waals surface area contributed by atoms with E-state index in [1.807, 2.05) is 0 Å². The van der Waals surface area contributed by atoms with Crippen LogP contribution in [-0.2, 0) is 0 Å². The fraction of sp³-hybridized carbons (Fsp3) is 0.467. The fourth-order valence-corrected chi connectivity index (χ4v) is 1.97. The van der Waals surface area contributed by atoms with Crippen LogP contribution in [-0.4, -0.2) is 24.3 Å². The Hall–Kier alpha value is -1.85. The first-order valence-corrected chi connectivity index (χ1v) is 6.53. The summed E-state index contributed by atoms with van der Waals surface area (Å²) < 4.78 is 42.4. The summed E-state index contributed by atoms with van der Waals surface area (Å²) in [6, 6.07) is 4.65. The molecule has 0 saturated carbocycles. The normalized spacial score (nSPS) is 18.1. The minimum Gasteiger partial charge on any atom is -0.482 e. The lowest BCUT2D eigenvalue weighted by Gasteiger charge is -2.23. The summed E-state index contributed by atoms with van der Waals surface area (Å²) in [6.45, 7) is 5.33. The second-order valence-electron chi connectivity index (χ2n) is 6.02. The number of carbonyl (C=O) groups is 1. The van der Waals surface area contributed by atoms with E-state index in [0.717, 1.165) is 6.21 Å². The van der Waals surface area contributed by atoms with Crippen molar-refractivity contribution >= 4 is 17.7 Å². The summed E-state index contributed by atoms with van der Waals surface area (Å²) in [5.41, 5.74) is 0.264. The van der Waals surface area contributed by atoms with Crippen molar-refractivity contribution in [2.45, 2.75) is 39.5 Å². The van der Waals surface area contributed by atoms with Crippen LogP contribution in [0.1, 0.15) is 37.6 Å². The van der Waals surface area contributed by atoms with Gasteiger partial charge in [-0.15, -0.1) is 0 Å². The number of ether oxygens (including phenoxy) is 1. The second kappa shape index (κ2) is 5.16. The minimum absolute atomic E-state index is 0.101. The highest BCUT2D eigenvalue weighted by Crippen LogP contribution is 2.35. The van der Waals surface area contributed by atoms with Crippen LogP contribution in [0.15, 0.2) is 23.2 Å². The number of nitrogens with zero attached hydrogens (tertiary/aromatic N) is 1. The maximum absolute atomic E-state index is 12.4. The van der Waals surface area contributed by atoms with Gasteiger partial charge in [-0.05, 0) is 18.2 Å². The predicted octanol–water partition coefficient (Wildman–Crippen LogP) is 4.33. The van der Waals surface area contributed by atoms with Crippen LogP contribution >= 0.6 is 0 Å². The van der Waals surface area contributed by atoms with Gasteiger partial charge in [-0.3, -0.25) is 9.79 Å². The van der Waals surface area contributed by atoms with Gasteiger partial charge in [0.1, 0.15) is 17.5 Å². The average Bonchev–Trinajstić information content (AvgIpc) is 2.34. The maximum Gasteiger partial charge on any atom is 0.393 e. The van der Waals surface area contributed by atoms with Gasteiger partial charge in [-0.1, -0.05) is 20.8 Å². The van der Waals surface area contributed by atoms with E-state index in [4.69, 9.17) is 4.74 Å². The monoisotopic (exact) mass is 299 g/mol. The number of rotatable bonds is 2. The number of alkyl halides is 3. The van der Waals surface area contributed by atoms with Gasteiger partial charge < -0.3 is 4.74 Å². The fourth-order valence-electron chi connectivity index (χ4n) is 1.97. The van der Waals surface area contributed by atoms with Crippen molar-refractivity contribution in [1.82, 2.24) is 0 Å². The Morgan fingerprint density at radius 2 is 1.95 bits per heavy atom. The summed E-state index contributed by atoms with van der Waals surface area (Å²) in [4.78, 5) is 16.1. The zero-order valence-electron chi connectivity index (χ0n) is 12.0. The third kappa shape index (κ3) is 3.83. The van der Waals surface area contributed by atoms with Crippen LogP contribution in [0.3, 0.4) is 0 Å². The van der Waals surface area contributed by atoms with Gasteiger partial charge >= 0.3 is 6.18 Å². The Balaban J connectivity index is 2.24. The standard InChI is InChI=1S/C15H16F3NO2/c1-14(2,3)13(20)9-4-5-11-12(6-9)21-10(8-19-11)7-15(16,17)18/h4-6,8,10H,7H2,1-3H3.